The van der Waals surface area contributed by atoms with Crippen LogP contribution in [0.5, 0.6) is 0 Å². The molecule has 3 rings (SSSR count). The van der Waals surface area contributed by atoms with E-state index in [4.69, 9.17) is 4.74 Å². The second-order valence-corrected chi connectivity index (χ2v) is 6.24. The van der Waals surface area contributed by atoms with Crippen molar-refractivity contribution in [1.82, 2.24) is 5.32 Å². The highest BCUT2D eigenvalue weighted by Crippen LogP contribution is 2.37. The van der Waals surface area contributed by atoms with Gasteiger partial charge in [0.25, 0.3) is 0 Å². The van der Waals surface area contributed by atoms with E-state index in [1.54, 1.807) is 0 Å². The van der Waals surface area contributed by atoms with E-state index >= 15 is 0 Å². The molecule has 1 aliphatic carbocycles. The third-order valence-corrected chi connectivity index (χ3v) is 4.86. The smallest absolute Gasteiger partial charge is 0.0769 e. The van der Waals surface area contributed by atoms with E-state index in [-0.39, 0.29) is 0 Å². The van der Waals surface area contributed by atoms with Gasteiger partial charge in [0, 0.05) is 6.61 Å². The molecule has 110 valence electrons. The maximum atomic E-state index is 6.03. The largest absolute Gasteiger partial charge is 0.376 e. The zero-order valence-electron chi connectivity index (χ0n) is 12.6. The lowest BCUT2D eigenvalue weighted by atomic mass is 9.79. The van der Waals surface area contributed by atoms with E-state index in [1.807, 2.05) is 0 Å². The lowest BCUT2D eigenvalue weighted by molar-refractivity contribution is -0.00788. The summed E-state index contributed by atoms with van der Waals surface area (Å²) in [7, 11) is 0. The summed E-state index contributed by atoms with van der Waals surface area (Å²) in [5, 5.41) is 3.65. The molecule has 1 saturated carbocycles. The molecule has 2 unspecified atom stereocenters. The standard InChI is InChI=1S/C18H27NO/c1-2-19-18(17-11-3-4-12-20-17)16-10-6-9-15(13-16)14-7-5-8-14/h6,9-10,13-14,17-19H,2-5,7-8,11-12H2,1H3. The Kier molecular flexibility index (Phi) is 4.74. The topological polar surface area (TPSA) is 21.3 Å². The third kappa shape index (κ3) is 3.07. The van der Waals surface area contributed by atoms with Gasteiger partial charge >= 0.3 is 0 Å². The van der Waals surface area contributed by atoms with Crippen molar-refractivity contribution in [2.24, 2.45) is 0 Å². The molecule has 1 saturated heterocycles. The second kappa shape index (κ2) is 6.73. The van der Waals surface area contributed by atoms with Gasteiger partial charge in [-0.2, -0.15) is 0 Å². The Morgan fingerprint density at radius 2 is 2.10 bits per heavy atom. The molecule has 1 aromatic rings. The number of hydrogen-bond acceptors (Lipinski definition) is 2. The fourth-order valence-corrected chi connectivity index (χ4v) is 3.46. The van der Waals surface area contributed by atoms with Gasteiger partial charge in [-0.3, -0.25) is 0 Å². The number of rotatable bonds is 5. The average molecular weight is 273 g/mol. The zero-order valence-corrected chi connectivity index (χ0v) is 12.6. The van der Waals surface area contributed by atoms with Gasteiger partial charge in [0.05, 0.1) is 12.1 Å². The van der Waals surface area contributed by atoms with Crippen LogP contribution in [0.1, 0.15) is 68.5 Å². The molecule has 1 N–H and O–H groups in total. The normalized spacial score (nSPS) is 25.1. The average Bonchev–Trinajstić information content (AvgIpc) is 2.44. The maximum Gasteiger partial charge on any atom is 0.0769 e. The molecular formula is C18H27NO. The van der Waals surface area contributed by atoms with Crippen LogP contribution < -0.4 is 5.32 Å². The molecule has 0 amide bonds. The lowest BCUT2D eigenvalue weighted by Crippen LogP contribution is -2.36. The number of likely N-dealkylation sites (N-methyl/N-ethyl adjacent to an activating group) is 1. The summed E-state index contributed by atoms with van der Waals surface area (Å²) in [6, 6.07) is 9.59. The van der Waals surface area contributed by atoms with Gasteiger partial charge in [0.15, 0.2) is 0 Å². The van der Waals surface area contributed by atoms with Crippen molar-refractivity contribution < 1.29 is 4.74 Å². The molecule has 0 radical (unpaired) electrons. The molecule has 1 heterocycles. The third-order valence-electron chi connectivity index (χ3n) is 4.86. The molecule has 2 atom stereocenters. The van der Waals surface area contributed by atoms with Gasteiger partial charge in [-0.15, -0.1) is 0 Å². The lowest BCUT2D eigenvalue weighted by Gasteiger charge is -2.32. The monoisotopic (exact) mass is 273 g/mol. The highest BCUT2D eigenvalue weighted by atomic mass is 16.5. The zero-order chi connectivity index (χ0) is 13.8. The van der Waals surface area contributed by atoms with E-state index < -0.39 is 0 Å². The Balaban J connectivity index is 1.78. The Morgan fingerprint density at radius 3 is 2.75 bits per heavy atom. The van der Waals surface area contributed by atoms with Gasteiger partial charge in [-0.05, 0) is 55.7 Å². The number of ether oxygens (including phenoxy) is 1. The predicted octanol–water partition coefficient (Wildman–Crippen LogP) is 4.17. The predicted molar refractivity (Wildman–Crippen MR) is 83.0 cm³/mol. The van der Waals surface area contributed by atoms with E-state index in [1.165, 1.54) is 49.7 Å². The Labute approximate surface area is 122 Å². The van der Waals surface area contributed by atoms with Gasteiger partial charge in [-0.1, -0.05) is 37.6 Å². The van der Waals surface area contributed by atoms with Crippen molar-refractivity contribution >= 4 is 0 Å². The number of nitrogens with one attached hydrogen (secondary N) is 1. The van der Waals surface area contributed by atoms with Crippen LogP contribution in [0.4, 0.5) is 0 Å². The van der Waals surface area contributed by atoms with Gasteiger partial charge in [0.1, 0.15) is 0 Å². The fraction of sp³-hybridized carbons (Fsp3) is 0.667. The molecular weight excluding hydrogens is 246 g/mol. The highest BCUT2D eigenvalue weighted by Gasteiger charge is 2.26. The summed E-state index contributed by atoms with van der Waals surface area (Å²) in [4.78, 5) is 0. The van der Waals surface area contributed by atoms with Gasteiger partial charge < -0.3 is 10.1 Å². The van der Waals surface area contributed by atoms with E-state index in [0.29, 0.717) is 12.1 Å². The van der Waals surface area contributed by atoms with E-state index in [9.17, 15) is 0 Å². The summed E-state index contributed by atoms with van der Waals surface area (Å²) in [6.45, 7) is 4.11. The van der Waals surface area contributed by atoms with E-state index in [0.717, 1.165) is 19.1 Å². The molecule has 2 nitrogen and oxygen atoms in total. The fourth-order valence-electron chi connectivity index (χ4n) is 3.46. The summed E-state index contributed by atoms with van der Waals surface area (Å²) in [5.74, 6) is 0.810. The van der Waals surface area contributed by atoms with Crippen molar-refractivity contribution in [3.63, 3.8) is 0 Å². The number of benzene rings is 1. The first-order chi connectivity index (χ1) is 9.88. The molecule has 1 aromatic carbocycles. The van der Waals surface area contributed by atoms with Crippen LogP contribution in [0.15, 0.2) is 24.3 Å². The van der Waals surface area contributed by atoms with Crippen molar-refractivity contribution in [2.45, 2.75) is 63.5 Å². The molecule has 0 aromatic heterocycles. The Hall–Kier alpha value is -0.860. The molecule has 2 fully saturated rings. The summed E-state index contributed by atoms with van der Waals surface area (Å²) in [6.07, 6.45) is 8.19. The second-order valence-electron chi connectivity index (χ2n) is 6.24. The SMILES string of the molecule is CCNC(c1cccc(C2CCC2)c1)C1CCCCO1. The maximum absolute atomic E-state index is 6.03. The van der Waals surface area contributed by atoms with Crippen LogP contribution in [0.3, 0.4) is 0 Å². The first kappa shape index (κ1) is 14.1. The molecule has 0 bridgehead atoms. The minimum Gasteiger partial charge on any atom is -0.376 e. The first-order valence-corrected chi connectivity index (χ1v) is 8.33. The van der Waals surface area contributed by atoms with Crippen LogP contribution in [0, 0.1) is 0 Å². The molecule has 20 heavy (non-hydrogen) atoms. The first-order valence-electron chi connectivity index (χ1n) is 8.33. The highest BCUT2D eigenvalue weighted by molar-refractivity contribution is 5.30. The van der Waals surface area contributed by atoms with Crippen LogP contribution in [-0.2, 0) is 4.74 Å². The van der Waals surface area contributed by atoms with Gasteiger partial charge in [-0.25, -0.2) is 0 Å². The van der Waals surface area contributed by atoms with Crippen LogP contribution in [-0.4, -0.2) is 19.3 Å². The molecule has 2 aliphatic rings. The number of hydrogen-bond donors (Lipinski definition) is 1. The van der Waals surface area contributed by atoms with E-state index in [2.05, 4.69) is 36.5 Å². The Morgan fingerprint density at radius 1 is 1.20 bits per heavy atom. The van der Waals surface area contributed by atoms with Crippen LogP contribution >= 0.6 is 0 Å². The summed E-state index contributed by atoms with van der Waals surface area (Å²) >= 11 is 0. The summed E-state index contributed by atoms with van der Waals surface area (Å²) in [5.41, 5.74) is 2.95. The molecule has 1 aliphatic heterocycles. The minimum atomic E-state index is 0.348. The quantitative estimate of drug-likeness (QED) is 0.869. The minimum absolute atomic E-state index is 0.348. The van der Waals surface area contributed by atoms with Crippen molar-refractivity contribution in [2.75, 3.05) is 13.2 Å². The van der Waals surface area contributed by atoms with Crippen LogP contribution in [0.25, 0.3) is 0 Å². The van der Waals surface area contributed by atoms with Crippen LogP contribution in [0.2, 0.25) is 0 Å². The van der Waals surface area contributed by atoms with Crippen molar-refractivity contribution in [1.29, 1.82) is 0 Å². The molecule has 2 heteroatoms. The van der Waals surface area contributed by atoms with Crippen molar-refractivity contribution in [3.05, 3.63) is 35.4 Å². The summed E-state index contributed by atoms with van der Waals surface area (Å²) < 4.78 is 6.03. The van der Waals surface area contributed by atoms with Gasteiger partial charge in [0.2, 0.25) is 0 Å². The Bertz CT molecular complexity index is 421. The van der Waals surface area contributed by atoms with Crippen molar-refractivity contribution in [3.8, 4) is 0 Å². The molecule has 0 spiro atoms.